The van der Waals surface area contributed by atoms with E-state index in [0.29, 0.717) is 28.2 Å². The maximum Gasteiger partial charge on any atom is 0.262 e. The molecule has 0 radical (unpaired) electrons. The highest BCUT2D eigenvalue weighted by Crippen LogP contribution is 2.31. The van der Waals surface area contributed by atoms with E-state index in [9.17, 15) is 9.59 Å². The average Bonchev–Trinajstić information content (AvgIpc) is 3.26. The summed E-state index contributed by atoms with van der Waals surface area (Å²) in [6.07, 6.45) is 3.74. The SMILES string of the molecule is COCC1(CNC(=O)c2sc3nc4n(c(=O)c3c2C)CCC4)CCNCC1.Cl. The first-order chi connectivity index (χ1) is 13.0. The quantitative estimate of drug-likeness (QED) is 0.762. The monoisotopic (exact) mass is 426 g/mol. The predicted molar refractivity (Wildman–Crippen MR) is 113 cm³/mol. The number of aryl methyl sites for hydroxylation is 2. The lowest BCUT2D eigenvalue weighted by Crippen LogP contribution is -2.47. The van der Waals surface area contributed by atoms with E-state index in [4.69, 9.17) is 4.74 Å². The number of piperidine rings is 1. The number of halogens is 1. The van der Waals surface area contributed by atoms with E-state index in [0.717, 1.165) is 56.7 Å². The number of aromatic nitrogens is 2. The first kappa shape index (κ1) is 21.2. The number of fused-ring (bicyclic) bond motifs is 2. The molecule has 28 heavy (non-hydrogen) atoms. The standard InChI is InChI=1S/C19H26N4O3S.ClH/c1-12-14-17(22-13-4-3-9-23(13)18(14)25)27-15(12)16(24)21-10-19(11-26-2)5-7-20-8-6-19;/h20H,3-11H2,1-2H3,(H,21,24);1H. The van der Waals surface area contributed by atoms with Crippen LogP contribution in [0.2, 0.25) is 0 Å². The van der Waals surface area contributed by atoms with Gasteiger partial charge in [0.2, 0.25) is 0 Å². The second-order valence-electron chi connectivity index (χ2n) is 7.69. The number of amides is 1. The van der Waals surface area contributed by atoms with Crippen LogP contribution in [0.3, 0.4) is 0 Å². The Balaban J connectivity index is 0.00000225. The maximum absolute atomic E-state index is 12.9. The van der Waals surface area contributed by atoms with Gasteiger partial charge in [-0.25, -0.2) is 4.98 Å². The summed E-state index contributed by atoms with van der Waals surface area (Å²) >= 11 is 1.33. The molecule has 9 heteroatoms. The van der Waals surface area contributed by atoms with Crippen LogP contribution in [-0.4, -0.2) is 48.8 Å². The van der Waals surface area contributed by atoms with Gasteiger partial charge in [-0.3, -0.25) is 14.2 Å². The van der Waals surface area contributed by atoms with Crippen molar-refractivity contribution in [2.75, 3.05) is 33.4 Å². The third-order valence-corrected chi connectivity index (χ3v) is 7.04. The summed E-state index contributed by atoms with van der Waals surface area (Å²) in [6.45, 7) is 5.67. The van der Waals surface area contributed by atoms with Gasteiger partial charge in [0.1, 0.15) is 10.7 Å². The zero-order chi connectivity index (χ0) is 19.0. The van der Waals surface area contributed by atoms with Gasteiger partial charge in [-0.1, -0.05) is 0 Å². The Hall–Kier alpha value is -1.48. The molecule has 2 aliphatic heterocycles. The lowest BCUT2D eigenvalue weighted by Gasteiger charge is -2.37. The molecule has 0 unspecified atom stereocenters. The van der Waals surface area contributed by atoms with Crippen molar-refractivity contribution < 1.29 is 9.53 Å². The van der Waals surface area contributed by atoms with E-state index < -0.39 is 0 Å². The highest BCUT2D eigenvalue weighted by Gasteiger charge is 2.33. The second kappa shape index (κ2) is 8.49. The van der Waals surface area contributed by atoms with Gasteiger partial charge in [0.05, 0.1) is 16.9 Å². The molecule has 1 fully saturated rings. The van der Waals surface area contributed by atoms with E-state index in [1.165, 1.54) is 11.3 Å². The van der Waals surface area contributed by atoms with E-state index in [-0.39, 0.29) is 29.3 Å². The Morgan fingerprint density at radius 2 is 2.14 bits per heavy atom. The van der Waals surface area contributed by atoms with Crippen LogP contribution in [0.4, 0.5) is 0 Å². The average molecular weight is 427 g/mol. The topological polar surface area (TPSA) is 85.2 Å². The molecule has 0 aromatic carbocycles. The molecule has 1 saturated heterocycles. The Morgan fingerprint density at radius 1 is 1.39 bits per heavy atom. The third-order valence-electron chi connectivity index (χ3n) is 5.86. The smallest absolute Gasteiger partial charge is 0.262 e. The fourth-order valence-corrected chi connectivity index (χ4v) is 5.38. The first-order valence-corrected chi connectivity index (χ1v) is 10.4. The number of hydrogen-bond donors (Lipinski definition) is 2. The van der Waals surface area contributed by atoms with Crippen LogP contribution in [0.25, 0.3) is 10.2 Å². The number of carbonyl (C=O) groups excluding carboxylic acids is 1. The zero-order valence-corrected chi connectivity index (χ0v) is 17.9. The minimum Gasteiger partial charge on any atom is -0.384 e. The fraction of sp³-hybridized carbons (Fsp3) is 0.632. The van der Waals surface area contributed by atoms with Crippen molar-refractivity contribution in [3.05, 3.63) is 26.6 Å². The van der Waals surface area contributed by atoms with Crippen LogP contribution in [0, 0.1) is 12.3 Å². The van der Waals surface area contributed by atoms with Gasteiger partial charge in [0, 0.05) is 32.0 Å². The summed E-state index contributed by atoms with van der Waals surface area (Å²) in [6, 6.07) is 0. The number of hydrogen-bond acceptors (Lipinski definition) is 6. The maximum atomic E-state index is 12.9. The van der Waals surface area contributed by atoms with Gasteiger partial charge in [0.25, 0.3) is 11.5 Å². The Kier molecular flexibility index (Phi) is 6.44. The Labute approximate surface area is 174 Å². The molecule has 4 heterocycles. The minimum atomic E-state index is -0.117. The van der Waals surface area contributed by atoms with Crippen LogP contribution in [-0.2, 0) is 17.7 Å². The fourth-order valence-electron chi connectivity index (χ4n) is 4.28. The van der Waals surface area contributed by atoms with Crippen molar-refractivity contribution in [1.82, 2.24) is 20.2 Å². The van der Waals surface area contributed by atoms with E-state index in [1.54, 1.807) is 11.7 Å². The number of methoxy groups -OCH3 is 1. The minimum absolute atomic E-state index is 0. The molecule has 0 bridgehead atoms. The van der Waals surface area contributed by atoms with Crippen molar-refractivity contribution in [2.24, 2.45) is 5.41 Å². The number of nitrogens with one attached hydrogen (secondary N) is 2. The molecule has 2 N–H and O–H groups in total. The summed E-state index contributed by atoms with van der Waals surface area (Å²) in [5.74, 6) is 0.725. The number of ether oxygens (including phenoxy) is 1. The number of carbonyl (C=O) groups is 1. The summed E-state index contributed by atoms with van der Waals surface area (Å²) in [4.78, 5) is 31.6. The molecule has 1 amide bonds. The molecule has 0 aliphatic carbocycles. The summed E-state index contributed by atoms with van der Waals surface area (Å²) in [5.41, 5.74) is 0.715. The number of rotatable bonds is 5. The first-order valence-electron chi connectivity index (χ1n) is 9.55. The zero-order valence-electron chi connectivity index (χ0n) is 16.3. The van der Waals surface area contributed by atoms with E-state index in [2.05, 4.69) is 15.6 Å². The van der Waals surface area contributed by atoms with Crippen molar-refractivity contribution in [2.45, 2.75) is 39.2 Å². The lowest BCUT2D eigenvalue weighted by atomic mass is 9.79. The predicted octanol–water partition coefficient (Wildman–Crippen LogP) is 1.88. The van der Waals surface area contributed by atoms with Crippen molar-refractivity contribution in [1.29, 1.82) is 0 Å². The second-order valence-corrected chi connectivity index (χ2v) is 8.69. The molecule has 0 saturated carbocycles. The molecule has 4 rings (SSSR count). The molecular weight excluding hydrogens is 400 g/mol. The van der Waals surface area contributed by atoms with Gasteiger partial charge >= 0.3 is 0 Å². The highest BCUT2D eigenvalue weighted by atomic mass is 35.5. The molecular formula is C19H27ClN4O3S. The van der Waals surface area contributed by atoms with Crippen LogP contribution in [0.5, 0.6) is 0 Å². The molecule has 0 spiro atoms. The van der Waals surface area contributed by atoms with E-state index in [1.807, 2.05) is 6.92 Å². The largest absolute Gasteiger partial charge is 0.384 e. The Morgan fingerprint density at radius 3 is 2.86 bits per heavy atom. The van der Waals surface area contributed by atoms with Crippen LogP contribution in [0.1, 0.15) is 40.3 Å². The van der Waals surface area contributed by atoms with E-state index >= 15 is 0 Å². The third kappa shape index (κ3) is 3.70. The normalized spacial score (nSPS) is 17.9. The summed E-state index contributed by atoms with van der Waals surface area (Å²) in [7, 11) is 1.71. The lowest BCUT2D eigenvalue weighted by molar-refractivity contribution is 0.0512. The van der Waals surface area contributed by atoms with Crippen LogP contribution >= 0.6 is 23.7 Å². The molecule has 7 nitrogen and oxygen atoms in total. The highest BCUT2D eigenvalue weighted by molar-refractivity contribution is 7.20. The van der Waals surface area contributed by atoms with Gasteiger partial charge in [-0.2, -0.15) is 0 Å². The van der Waals surface area contributed by atoms with Crippen LogP contribution in [0.15, 0.2) is 4.79 Å². The molecule has 2 aromatic heterocycles. The summed E-state index contributed by atoms with van der Waals surface area (Å²) in [5, 5.41) is 7.06. The van der Waals surface area contributed by atoms with Crippen molar-refractivity contribution >= 4 is 39.9 Å². The van der Waals surface area contributed by atoms with Crippen molar-refractivity contribution in [3.8, 4) is 0 Å². The van der Waals surface area contributed by atoms with Gasteiger partial charge in [-0.05, 0) is 44.8 Å². The molecule has 2 aliphatic rings. The van der Waals surface area contributed by atoms with Gasteiger partial charge < -0.3 is 15.4 Å². The molecule has 0 atom stereocenters. The Bertz CT molecular complexity index is 928. The van der Waals surface area contributed by atoms with Gasteiger partial charge in [0.15, 0.2) is 0 Å². The number of nitrogens with zero attached hydrogens (tertiary/aromatic N) is 2. The number of thiophene rings is 1. The van der Waals surface area contributed by atoms with Gasteiger partial charge in [-0.15, -0.1) is 23.7 Å². The molecule has 2 aromatic rings. The van der Waals surface area contributed by atoms with Crippen LogP contribution < -0.4 is 16.2 Å². The summed E-state index contributed by atoms with van der Waals surface area (Å²) < 4.78 is 7.18. The van der Waals surface area contributed by atoms with Crippen molar-refractivity contribution in [3.63, 3.8) is 0 Å². The molecule has 154 valence electrons.